The Morgan fingerprint density at radius 2 is 1.95 bits per heavy atom. The van der Waals surface area contributed by atoms with E-state index >= 15 is 0 Å². The fourth-order valence-corrected chi connectivity index (χ4v) is 2.82. The molecular weight excluding hydrogens is 260 g/mol. The number of carbonyl (C=O) groups excluding carboxylic acids is 1. The van der Waals surface area contributed by atoms with Crippen LogP contribution < -0.4 is 10.6 Å². The molecule has 1 aliphatic heterocycles. The summed E-state index contributed by atoms with van der Waals surface area (Å²) in [6.45, 7) is 12.5. The van der Waals surface area contributed by atoms with Crippen LogP contribution in [0.2, 0.25) is 0 Å². The first-order chi connectivity index (χ1) is 9.83. The Hall–Kier alpha value is -1.35. The minimum absolute atomic E-state index is 0.131. The van der Waals surface area contributed by atoms with Crippen molar-refractivity contribution < 1.29 is 4.79 Å². The van der Waals surface area contributed by atoms with E-state index in [-0.39, 0.29) is 11.3 Å². The number of amides is 1. The van der Waals surface area contributed by atoms with E-state index in [0.29, 0.717) is 11.8 Å². The second-order valence-electron chi connectivity index (χ2n) is 7.10. The normalized spacial score (nSPS) is 22.0. The van der Waals surface area contributed by atoms with Crippen LogP contribution in [0.3, 0.4) is 0 Å². The molecule has 1 fully saturated rings. The zero-order valence-electron chi connectivity index (χ0n) is 13.9. The molecule has 2 N–H and O–H groups in total. The van der Waals surface area contributed by atoms with Gasteiger partial charge in [0.2, 0.25) is 5.91 Å². The third kappa shape index (κ3) is 3.46. The van der Waals surface area contributed by atoms with Gasteiger partial charge in [-0.1, -0.05) is 39.8 Å². The molecule has 2 rings (SSSR count). The van der Waals surface area contributed by atoms with Crippen molar-refractivity contribution in [3.63, 3.8) is 0 Å². The van der Waals surface area contributed by atoms with Crippen LogP contribution in [-0.4, -0.2) is 19.0 Å². The maximum absolute atomic E-state index is 12.6. The van der Waals surface area contributed by atoms with E-state index in [4.69, 9.17) is 0 Å². The molecule has 1 aliphatic rings. The predicted molar refractivity (Wildman–Crippen MR) is 88.8 cm³/mol. The third-order valence-corrected chi connectivity index (χ3v) is 4.53. The summed E-state index contributed by atoms with van der Waals surface area (Å²) >= 11 is 0. The zero-order valence-corrected chi connectivity index (χ0v) is 13.9. The van der Waals surface area contributed by atoms with Gasteiger partial charge in [0, 0.05) is 12.2 Å². The van der Waals surface area contributed by atoms with Gasteiger partial charge < -0.3 is 10.6 Å². The van der Waals surface area contributed by atoms with Gasteiger partial charge in [-0.25, -0.2) is 0 Å². The summed E-state index contributed by atoms with van der Waals surface area (Å²) in [6, 6.07) is 6.43. The van der Waals surface area contributed by atoms with Crippen molar-refractivity contribution in [2.24, 2.45) is 5.41 Å². The zero-order chi connectivity index (χ0) is 15.6. The largest absolute Gasteiger partial charge is 0.325 e. The standard InChI is InChI=1S/C18H28N2O/c1-12(2)14-6-7-16(15(10-14)13(3)4)20-17(21)18(5)8-9-19-11-18/h6-7,10,12-13,19H,8-9,11H2,1-5H3,(H,20,21). The van der Waals surface area contributed by atoms with E-state index in [2.05, 4.69) is 56.5 Å². The first kappa shape index (κ1) is 16.0. The van der Waals surface area contributed by atoms with Gasteiger partial charge in [0.15, 0.2) is 0 Å². The van der Waals surface area contributed by atoms with Crippen LogP contribution in [0.5, 0.6) is 0 Å². The molecule has 3 heteroatoms. The summed E-state index contributed by atoms with van der Waals surface area (Å²) in [6.07, 6.45) is 0.903. The average Bonchev–Trinajstić information content (AvgIpc) is 2.87. The van der Waals surface area contributed by atoms with Gasteiger partial charge in [-0.15, -0.1) is 0 Å². The van der Waals surface area contributed by atoms with Crippen molar-refractivity contribution in [1.29, 1.82) is 0 Å². The van der Waals surface area contributed by atoms with E-state index in [1.807, 2.05) is 6.92 Å². The highest BCUT2D eigenvalue weighted by atomic mass is 16.2. The second-order valence-corrected chi connectivity index (χ2v) is 7.10. The predicted octanol–water partition coefficient (Wildman–Crippen LogP) is 3.87. The number of anilines is 1. The lowest BCUT2D eigenvalue weighted by atomic mass is 9.88. The highest BCUT2D eigenvalue weighted by molar-refractivity contribution is 5.96. The van der Waals surface area contributed by atoms with Gasteiger partial charge in [-0.3, -0.25) is 4.79 Å². The van der Waals surface area contributed by atoms with Gasteiger partial charge >= 0.3 is 0 Å². The Morgan fingerprint density at radius 3 is 2.48 bits per heavy atom. The SMILES string of the molecule is CC(C)c1ccc(NC(=O)C2(C)CCNC2)c(C(C)C)c1. The van der Waals surface area contributed by atoms with Crippen LogP contribution in [0.25, 0.3) is 0 Å². The van der Waals surface area contributed by atoms with Crippen LogP contribution >= 0.6 is 0 Å². The first-order valence-corrected chi connectivity index (χ1v) is 7.99. The number of hydrogen-bond donors (Lipinski definition) is 2. The molecule has 1 unspecified atom stereocenters. The van der Waals surface area contributed by atoms with Crippen LogP contribution in [0.1, 0.15) is 64.0 Å². The molecule has 1 atom stereocenters. The van der Waals surface area contributed by atoms with Gasteiger partial charge in [0.25, 0.3) is 0 Å². The quantitative estimate of drug-likeness (QED) is 0.883. The summed E-state index contributed by atoms with van der Waals surface area (Å²) in [5.41, 5.74) is 3.23. The minimum atomic E-state index is -0.287. The lowest BCUT2D eigenvalue weighted by Gasteiger charge is -2.24. The Bertz CT molecular complexity index is 514. The second kappa shape index (κ2) is 6.18. The summed E-state index contributed by atoms with van der Waals surface area (Å²) < 4.78 is 0. The first-order valence-electron chi connectivity index (χ1n) is 7.99. The van der Waals surface area contributed by atoms with Gasteiger partial charge in [-0.2, -0.15) is 0 Å². The molecule has 0 aliphatic carbocycles. The molecule has 0 saturated carbocycles. The van der Waals surface area contributed by atoms with Crippen LogP contribution in [0.4, 0.5) is 5.69 Å². The number of nitrogens with one attached hydrogen (secondary N) is 2. The lowest BCUT2D eigenvalue weighted by molar-refractivity contribution is -0.123. The number of benzene rings is 1. The Balaban J connectivity index is 2.25. The van der Waals surface area contributed by atoms with Gasteiger partial charge in [0.05, 0.1) is 5.41 Å². The van der Waals surface area contributed by atoms with Crippen molar-refractivity contribution in [3.05, 3.63) is 29.3 Å². The smallest absolute Gasteiger partial charge is 0.231 e. The Morgan fingerprint density at radius 1 is 1.24 bits per heavy atom. The Labute approximate surface area is 128 Å². The fraction of sp³-hybridized carbons (Fsp3) is 0.611. The molecule has 21 heavy (non-hydrogen) atoms. The maximum Gasteiger partial charge on any atom is 0.231 e. The molecule has 0 radical (unpaired) electrons. The number of carbonyl (C=O) groups is 1. The van der Waals surface area contributed by atoms with Crippen molar-refractivity contribution in [2.75, 3.05) is 18.4 Å². The lowest BCUT2D eigenvalue weighted by Crippen LogP contribution is -2.35. The molecule has 1 heterocycles. The van der Waals surface area contributed by atoms with Crippen LogP contribution in [0, 0.1) is 5.41 Å². The summed E-state index contributed by atoms with van der Waals surface area (Å²) in [4.78, 5) is 12.6. The summed E-state index contributed by atoms with van der Waals surface area (Å²) in [5.74, 6) is 1.03. The molecule has 1 saturated heterocycles. The molecular formula is C18H28N2O. The van der Waals surface area contributed by atoms with E-state index in [1.165, 1.54) is 11.1 Å². The monoisotopic (exact) mass is 288 g/mol. The summed E-state index contributed by atoms with van der Waals surface area (Å²) in [5, 5.41) is 6.44. The van der Waals surface area contributed by atoms with Crippen molar-refractivity contribution in [2.45, 2.75) is 52.9 Å². The van der Waals surface area contributed by atoms with E-state index in [9.17, 15) is 4.79 Å². The highest BCUT2D eigenvalue weighted by Gasteiger charge is 2.36. The number of hydrogen-bond acceptors (Lipinski definition) is 2. The van der Waals surface area contributed by atoms with E-state index in [0.717, 1.165) is 25.2 Å². The van der Waals surface area contributed by atoms with Crippen LogP contribution in [-0.2, 0) is 4.79 Å². The highest BCUT2D eigenvalue weighted by Crippen LogP contribution is 2.31. The van der Waals surface area contributed by atoms with E-state index < -0.39 is 0 Å². The molecule has 0 spiro atoms. The molecule has 1 amide bonds. The third-order valence-electron chi connectivity index (χ3n) is 4.53. The molecule has 3 nitrogen and oxygen atoms in total. The number of rotatable bonds is 4. The fourth-order valence-electron chi connectivity index (χ4n) is 2.82. The van der Waals surface area contributed by atoms with Crippen molar-refractivity contribution in [1.82, 2.24) is 5.32 Å². The molecule has 116 valence electrons. The topological polar surface area (TPSA) is 41.1 Å². The van der Waals surface area contributed by atoms with Crippen LogP contribution in [0.15, 0.2) is 18.2 Å². The van der Waals surface area contributed by atoms with Gasteiger partial charge in [0.1, 0.15) is 0 Å². The minimum Gasteiger partial charge on any atom is -0.325 e. The summed E-state index contributed by atoms with van der Waals surface area (Å²) in [7, 11) is 0. The van der Waals surface area contributed by atoms with Crippen molar-refractivity contribution in [3.8, 4) is 0 Å². The molecule has 1 aromatic carbocycles. The van der Waals surface area contributed by atoms with E-state index in [1.54, 1.807) is 0 Å². The maximum atomic E-state index is 12.6. The van der Waals surface area contributed by atoms with Crippen molar-refractivity contribution >= 4 is 11.6 Å². The average molecular weight is 288 g/mol. The molecule has 1 aromatic rings. The molecule has 0 aromatic heterocycles. The molecule has 0 bridgehead atoms. The Kier molecular flexibility index (Phi) is 4.72. The van der Waals surface area contributed by atoms with Gasteiger partial charge in [-0.05, 0) is 48.9 Å².